The minimum atomic E-state index is -0.0187. The smallest absolute Gasteiger partial charge is 0.252 e. The first-order valence-corrected chi connectivity index (χ1v) is 8.60. The van der Waals surface area contributed by atoms with Crippen molar-refractivity contribution in [3.8, 4) is 0 Å². The molecule has 1 aliphatic rings. The Labute approximate surface area is 137 Å². The summed E-state index contributed by atoms with van der Waals surface area (Å²) in [6.07, 6.45) is 2.54. The fourth-order valence-electron chi connectivity index (χ4n) is 2.38. The van der Waals surface area contributed by atoms with Gasteiger partial charge in [-0.3, -0.25) is 4.79 Å². The van der Waals surface area contributed by atoms with E-state index in [0.29, 0.717) is 12.1 Å². The first-order chi connectivity index (χ1) is 9.56. The first kappa shape index (κ1) is 16.0. The number of rotatable bonds is 4. The van der Waals surface area contributed by atoms with Crippen LogP contribution in [0.4, 0.5) is 0 Å². The van der Waals surface area contributed by atoms with Crippen LogP contribution in [0.1, 0.15) is 30.1 Å². The van der Waals surface area contributed by atoms with Crippen molar-refractivity contribution in [3.63, 3.8) is 0 Å². The second-order valence-electron chi connectivity index (χ2n) is 5.40. The average molecular weight is 404 g/mol. The number of halogens is 2. The summed E-state index contributed by atoms with van der Waals surface area (Å²) in [5, 5.41) is 2.99. The Morgan fingerprint density at radius 1 is 1.35 bits per heavy atom. The lowest BCUT2D eigenvalue weighted by molar-refractivity contribution is 0.0943. The van der Waals surface area contributed by atoms with E-state index < -0.39 is 0 Å². The zero-order valence-corrected chi connectivity index (χ0v) is 14.8. The Morgan fingerprint density at radius 3 is 2.70 bits per heavy atom. The van der Waals surface area contributed by atoms with Crippen LogP contribution in [0.2, 0.25) is 0 Å². The molecule has 1 saturated heterocycles. The van der Waals surface area contributed by atoms with Gasteiger partial charge in [0.05, 0.1) is 5.56 Å². The van der Waals surface area contributed by atoms with E-state index in [4.69, 9.17) is 0 Å². The van der Waals surface area contributed by atoms with E-state index in [1.165, 1.54) is 12.8 Å². The van der Waals surface area contributed by atoms with E-state index in [1.54, 1.807) is 0 Å². The van der Waals surface area contributed by atoms with E-state index in [1.807, 2.05) is 18.2 Å². The predicted molar refractivity (Wildman–Crippen MR) is 89.0 cm³/mol. The standard InChI is InChI=1S/C15H20Br2N2O/c1-11-4-7-19(8-5-11)9-6-18-15(20)13-3-2-12(16)10-14(13)17/h2-3,10-11H,4-9H2,1H3,(H,18,20). The minimum absolute atomic E-state index is 0.0187. The van der Waals surface area contributed by atoms with Crippen molar-refractivity contribution in [2.75, 3.05) is 26.2 Å². The van der Waals surface area contributed by atoms with Crippen LogP contribution in [0, 0.1) is 5.92 Å². The summed E-state index contributed by atoms with van der Waals surface area (Å²) in [6, 6.07) is 5.60. The average Bonchev–Trinajstić information content (AvgIpc) is 2.41. The molecule has 0 unspecified atom stereocenters. The third kappa shape index (κ3) is 4.57. The third-order valence-corrected chi connectivity index (χ3v) is 4.91. The summed E-state index contributed by atoms with van der Waals surface area (Å²) >= 11 is 6.81. The van der Waals surface area contributed by atoms with Gasteiger partial charge in [-0.15, -0.1) is 0 Å². The topological polar surface area (TPSA) is 32.3 Å². The van der Waals surface area contributed by atoms with Gasteiger partial charge in [0, 0.05) is 22.0 Å². The van der Waals surface area contributed by atoms with Crippen molar-refractivity contribution in [3.05, 3.63) is 32.7 Å². The van der Waals surface area contributed by atoms with E-state index in [0.717, 1.165) is 34.5 Å². The monoisotopic (exact) mass is 402 g/mol. The lowest BCUT2D eigenvalue weighted by Gasteiger charge is -2.30. The number of hydrogen-bond donors (Lipinski definition) is 1. The molecule has 1 N–H and O–H groups in total. The maximum atomic E-state index is 12.1. The second-order valence-corrected chi connectivity index (χ2v) is 7.17. The second kappa shape index (κ2) is 7.57. The van der Waals surface area contributed by atoms with Gasteiger partial charge < -0.3 is 10.2 Å². The van der Waals surface area contributed by atoms with Gasteiger partial charge in [0.1, 0.15) is 0 Å². The van der Waals surface area contributed by atoms with Crippen LogP contribution < -0.4 is 5.32 Å². The molecule has 3 nitrogen and oxygen atoms in total. The Hall–Kier alpha value is -0.390. The number of benzene rings is 1. The summed E-state index contributed by atoms with van der Waals surface area (Å²) in [5.41, 5.74) is 0.681. The van der Waals surface area contributed by atoms with Crippen molar-refractivity contribution in [2.24, 2.45) is 5.92 Å². The number of carbonyl (C=O) groups excluding carboxylic acids is 1. The Kier molecular flexibility index (Phi) is 6.05. The van der Waals surface area contributed by atoms with Crippen LogP contribution >= 0.6 is 31.9 Å². The lowest BCUT2D eigenvalue weighted by Crippen LogP contribution is -2.39. The first-order valence-electron chi connectivity index (χ1n) is 7.02. The maximum absolute atomic E-state index is 12.1. The molecule has 0 aliphatic carbocycles. The van der Waals surface area contributed by atoms with E-state index in [9.17, 15) is 4.79 Å². The van der Waals surface area contributed by atoms with Crippen molar-refractivity contribution in [1.29, 1.82) is 0 Å². The van der Waals surface area contributed by atoms with Crippen molar-refractivity contribution < 1.29 is 4.79 Å². The van der Waals surface area contributed by atoms with Gasteiger partial charge in [-0.25, -0.2) is 0 Å². The van der Waals surface area contributed by atoms with Gasteiger partial charge >= 0.3 is 0 Å². The summed E-state index contributed by atoms with van der Waals surface area (Å²) < 4.78 is 1.78. The van der Waals surface area contributed by atoms with Crippen LogP contribution in [-0.2, 0) is 0 Å². The largest absolute Gasteiger partial charge is 0.351 e. The summed E-state index contributed by atoms with van der Waals surface area (Å²) in [5.74, 6) is 0.828. The van der Waals surface area contributed by atoms with Gasteiger partial charge in [-0.2, -0.15) is 0 Å². The predicted octanol–water partition coefficient (Wildman–Crippen LogP) is 3.67. The van der Waals surface area contributed by atoms with Crippen LogP contribution in [0.3, 0.4) is 0 Å². The molecule has 1 heterocycles. The molecule has 0 bridgehead atoms. The minimum Gasteiger partial charge on any atom is -0.351 e. The molecule has 0 spiro atoms. The highest BCUT2D eigenvalue weighted by Gasteiger charge is 2.15. The number of nitrogens with zero attached hydrogens (tertiary/aromatic N) is 1. The zero-order chi connectivity index (χ0) is 14.5. The molecule has 110 valence electrons. The molecule has 20 heavy (non-hydrogen) atoms. The molecule has 0 atom stereocenters. The van der Waals surface area contributed by atoms with Crippen LogP contribution in [0.5, 0.6) is 0 Å². The number of likely N-dealkylation sites (tertiary alicyclic amines) is 1. The van der Waals surface area contributed by atoms with Crippen LogP contribution in [0.25, 0.3) is 0 Å². The van der Waals surface area contributed by atoms with Crippen molar-refractivity contribution in [1.82, 2.24) is 10.2 Å². The fourth-order valence-corrected chi connectivity index (χ4v) is 3.61. The van der Waals surface area contributed by atoms with E-state index in [-0.39, 0.29) is 5.91 Å². The van der Waals surface area contributed by atoms with Gasteiger partial charge in [-0.1, -0.05) is 22.9 Å². The Bertz CT molecular complexity index is 471. The number of nitrogens with one attached hydrogen (secondary N) is 1. The molecule has 0 saturated carbocycles. The lowest BCUT2D eigenvalue weighted by atomic mass is 9.99. The molecule has 0 aromatic heterocycles. The van der Waals surface area contributed by atoms with Gasteiger partial charge in [0.25, 0.3) is 5.91 Å². The number of hydrogen-bond acceptors (Lipinski definition) is 2. The molecule has 1 aliphatic heterocycles. The van der Waals surface area contributed by atoms with Crippen LogP contribution in [0.15, 0.2) is 27.1 Å². The van der Waals surface area contributed by atoms with Gasteiger partial charge in [0.2, 0.25) is 0 Å². The molecule has 1 aromatic rings. The van der Waals surface area contributed by atoms with Crippen LogP contribution in [-0.4, -0.2) is 37.0 Å². The number of carbonyl (C=O) groups is 1. The molecule has 5 heteroatoms. The Morgan fingerprint density at radius 2 is 2.05 bits per heavy atom. The summed E-state index contributed by atoms with van der Waals surface area (Å²) in [6.45, 7) is 6.25. The maximum Gasteiger partial charge on any atom is 0.252 e. The molecule has 1 fully saturated rings. The normalized spacial score (nSPS) is 17.1. The molecule has 0 radical (unpaired) electrons. The number of piperidine rings is 1. The van der Waals surface area contributed by atoms with E-state index in [2.05, 4.69) is 49.0 Å². The highest BCUT2D eigenvalue weighted by Crippen LogP contribution is 2.21. The van der Waals surface area contributed by atoms with Crippen molar-refractivity contribution >= 4 is 37.8 Å². The molecular weight excluding hydrogens is 384 g/mol. The van der Waals surface area contributed by atoms with Gasteiger partial charge in [0.15, 0.2) is 0 Å². The SMILES string of the molecule is CC1CCN(CCNC(=O)c2ccc(Br)cc2Br)CC1. The van der Waals surface area contributed by atoms with Gasteiger partial charge in [-0.05, 0) is 66.0 Å². The molecule has 1 aromatic carbocycles. The molecule has 2 rings (SSSR count). The highest BCUT2D eigenvalue weighted by molar-refractivity contribution is 9.11. The quantitative estimate of drug-likeness (QED) is 0.831. The summed E-state index contributed by atoms with van der Waals surface area (Å²) in [4.78, 5) is 14.5. The zero-order valence-electron chi connectivity index (χ0n) is 11.7. The number of amides is 1. The van der Waals surface area contributed by atoms with Crippen molar-refractivity contribution in [2.45, 2.75) is 19.8 Å². The molecule has 1 amide bonds. The van der Waals surface area contributed by atoms with E-state index >= 15 is 0 Å². The third-order valence-electron chi connectivity index (χ3n) is 3.77. The fraction of sp³-hybridized carbons (Fsp3) is 0.533. The highest BCUT2D eigenvalue weighted by atomic mass is 79.9. The summed E-state index contributed by atoms with van der Waals surface area (Å²) in [7, 11) is 0. The molecular formula is C15H20Br2N2O. The Balaban J connectivity index is 1.77.